The Morgan fingerprint density at radius 1 is 1.09 bits per heavy atom. The van der Waals surface area contributed by atoms with Crippen molar-refractivity contribution in [2.75, 3.05) is 7.05 Å². The van der Waals surface area contributed by atoms with Gasteiger partial charge in [0.05, 0.1) is 24.0 Å². The van der Waals surface area contributed by atoms with E-state index in [4.69, 9.17) is 9.15 Å². The smallest absolute Gasteiger partial charge is 0.453 e. The molecule has 1 aliphatic carbocycles. The lowest BCUT2D eigenvalue weighted by Crippen LogP contribution is -3.11. The molecule has 0 amide bonds. The number of fused-ring (bicyclic) bond motifs is 1. The largest absolute Gasteiger partial charge is 0.507 e. The molecule has 0 saturated heterocycles. The molecule has 33 heavy (non-hydrogen) atoms. The van der Waals surface area contributed by atoms with Gasteiger partial charge < -0.3 is 19.2 Å². The molecule has 2 aromatic carbocycles. The molecule has 0 radical (unpaired) electrons. The van der Waals surface area contributed by atoms with Crippen molar-refractivity contribution < 1.29 is 32.3 Å². The number of aromatic hydroxyl groups is 1. The molecule has 0 spiro atoms. The van der Waals surface area contributed by atoms with Crippen LogP contribution in [0.25, 0.3) is 11.0 Å². The topological polar surface area (TPSA) is 64.1 Å². The van der Waals surface area contributed by atoms with E-state index in [9.17, 15) is 23.1 Å². The number of benzene rings is 2. The van der Waals surface area contributed by atoms with Crippen molar-refractivity contribution in [2.24, 2.45) is 0 Å². The molecule has 176 valence electrons. The maximum atomic E-state index is 13.9. The normalized spacial score (nSPS) is 16.2. The molecule has 1 aliphatic rings. The second kappa shape index (κ2) is 9.09. The van der Waals surface area contributed by atoms with E-state index >= 15 is 0 Å². The molecule has 1 atom stereocenters. The van der Waals surface area contributed by atoms with E-state index in [0.29, 0.717) is 6.04 Å². The summed E-state index contributed by atoms with van der Waals surface area (Å²) in [4.78, 5) is 14.2. The van der Waals surface area contributed by atoms with Gasteiger partial charge in [-0.1, -0.05) is 24.1 Å². The van der Waals surface area contributed by atoms with Crippen LogP contribution in [0.4, 0.5) is 13.2 Å². The van der Waals surface area contributed by atoms with Gasteiger partial charge in [-0.3, -0.25) is 4.79 Å². The molecule has 8 heteroatoms. The highest BCUT2D eigenvalue weighted by atomic mass is 19.4. The fraction of sp³-hybridized carbons (Fsp3) is 0.400. The molecule has 5 nitrogen and oxygen atoms in total. The minimum atomic E-state index is -4.96. The standard InChI is InChI=1S/C25H26F3NO4/c1-15-8-10-17(11-9-15)32-23-21(31)18-12-13-20(30)19(22(18)33-24(23)25(26,27)28)14-29(2)16-6-4-3-5-7-16/h8-13,16,30H,3-7,14H2,1-2H3/p+1. The highest BCUT2D eigenvalue weighted by Crippen LogP contribution is 2.39. The Morgan fingerprint density at radius 2 is 1.76 bits per heavy atom. The lowest BCUT2D eigenvalue weighted by molar-refractivity contribution is -0.921. The highest BCUT2D eigenvalue weighted by Gasteiger charge is 2.41. The van der Waals surface area contributed by atoms with Gasteiger partial charge in [-0.15, -0.1) is 0 Å². The number of halogens is 3. The third-order valence-electron chi connectivity index (χ3n) is 6.35. The lowest BCUT2D eigenvalue weighted by atomic mass is 9.94. The lowest BCUT2D eigenvalue weighted by Gasteiger charge is -2.28. The summed E-state index contributed by atoms with van der Waals surface area (Å²) in [6.07, 6.45) is 0.468. The molecule has 0 bridgehead atoms. The maximum absolute atomic E-state index is 13.9. The van der Waals surface area contributed by atoms with Gasteiger partial charge in [0, 0.05) is 0 Å². The fourth-order valence-electron chi connectivity index (χ4n) is 4.48. The molecule has 0 aliphatic heterocycles. The summed E-state index contributed by atoms with van der Waals surface area (Å²) in [7, 11) is 1.95. The quantitative estimate of drug-likeness (QED) is 0.562. The van der Waals surface area contributed by atoms with Crippen molar-refractivity contribution in [3.63, 3.8) is 0 Å². The van der Waals surface area contributed by atoms with Crippen molar-refractivity contribution >= 4 is 11.0 Å². The summed E-state index contributed by atoms with van der Waals surface area (Å²) in [5.74, 6) is -2.52. The summed E-state index contributed by atoms with van der Waals surface area (Å²) < 4.78 is 52.5. The highest BCUT2D eigenvalue weighted by molar-refractivity contribution is 5.83. The Bertz CT molecular complexity index is 1200. The molecule has 3 aromatic rings. The molecule has 4 rings (SSSR count). The molecule has 2 N–H and O–H groups in total. The Labute approximate surface area is 189 Å². The first kappa shape index (κ1) is 23.2. The average Bonchev–Trinajstić information content (AvgIpc) is 2.78. The van der Waals surface area contributed by atoms with Crippen LogP contribution >= 0.6 is 0 Å². The van der Waals surface area contributed by atoms with Gasteiger partial charge in [-0.05, 0) is 56.9 Å². The minimum Gasteiger partial charge on any atom is -0.507 e. The number of rotatable bonds is 5. The molecule has 1 fully saturated rings. The molecule has 1 heterocycles. The number of nitrogens with one attached hydrogen (secondary N) is 1. The number of quaternary nitrogens is 1. The second-order valence-electron chi connectivity index (χ2n) is 8.80. The average molecular weight is 462 g/mol. The predicted molar refractivity (Wildman–Crippen MR) is 118 cm³/mol. The molecular formula is C25H27F3NO4+. The summed E-state index contributed by atoms with van der Waals surface area (Å²) in [5, 5.41) is 10.4. The van der Waals surface area contributed by atoms with Crippen LogP contribution < -0.4 is 15.1 Å². The zero-order valence-electron chi connectivity index (χ0n) is 18.6. The Morgan fingerprint density at radius 3 is 2.39 bits per heavy atom. The van der Waals surface area contributed by atoms with Crippen LogP contribution in [0.15, 0.2) is 45.6 Å². The van der Waals surface area contributed by atoms with Crippen molar-refractivity contribution in [1.82, 2.24) is 0 Å². The number of phenols is 1. The van der Waals surface area contributed by atoms with Gasteiger partial charge in [0.1, 0.15) is 18.0 Å². The minimum absolute atomic E-state index is 0.0608. The van der Waals surface area contributed by atoms with Crippen LogP contribution in [-0.2, 0) is 12.7 Å². The SMILES string of the molecule is Cc1ccc(Oc2c(C(F)(F)F)oc3c(C[NH+](C)C4CCCCC4)c(O)ccc3c2=O)cc1. The first-order valence-corrected chi connectivity index (χ1v) is 11.1. The van der Waals surface area contributed by atoms with Crippen LogP contribution in [0.2, 0.25) is 0 Å². The second-order valence-corrected chi connectivity index (χ2v) is 8.80. The van der Waals surface area contributed by atoms with E-state index in [0.717, 1.165) is 36.1 Å². The zero-order valence-corrected chi connectivity index (χ0v) is 18.6. The van der Waals surface area contributed by atoms with Gasteiger partial charge in [0.15, 0.2) is 5.58 Å². The number of phenolic OH excluding ortho intramolecular Hbond substituents is 1. The maximum Gasteiger partial charge on any atom is 0.453 e. The van der Waals surface area contributed by atoms with Gasteiger partial charge in [0.2, 0.25) is 11.2 Å². The van der Waals surface area contributed by atoms with Crippen LogP contribution in [-0.4, -0.2) is 18.2 Å². The van der Waals surface area contributed by atoms with Gasteiger partial charge >= 0.3 is 6.18 Å². The predicted octanol–water partition coefficient (Wildman–Crippen LogP) is 4.97. The van der Waals surface area contributed by atoms with E-state index in [-0.39, 0.29) is 34.6 Å². The van der Waals surface area contributed by atoms with Crippen LogP contribution in [0, 0.1) is 6.92 Å². The number of aryl methyl sites for hydroxylation is 1. The van der Waals surface area contributed by atoms with Crippen molar-refractivity contribution in [2.45, 2.75) is 57.8 Å². The van der Waals surface area contributed by atoms with Crippen LogP contribution in [0.5, 0.6) is 17.2 Å². The first-order valence-electron chi connectivity index (χ1n) is 11.1. The third kappa shape index (κ3) is 4.85. The van der Waals surface area contributed by atoms with Crippen molar-refractivity contribution in [3.8, 4) is 17.2 Å². The van der Waals surface area contributed by atoms with E-state index in [1.165, 1.54) is 30.7 Å². The monoisotopic (exact) mass is 462 g/mol. The van der Waals surface area contributed by atoms with Crippen molar-refractivity contribution in [1.29, 1.82) is 0 Å². The third-order valence-corrected chi connectivity index (χ3v) is 6.35. The Balaban J connectivity index is 1.82. The molecular weight excluding hydrogens is 435 g/mol. The van der Waals surface area contributed by atoms with Crippen LogP contribution in [0.1, 0.15) is 49.0 Å². The number of ether oxygens (including phenoxy) is 1. The van der Waals surface area contributed by atoms with Gasteiger partial charge in [0.25, 0.3) is 5.76 Å². The van der Waals surface area contributed by atoms with Crippen molar-refractivity contribution in [3.05, 3.63) is 63.5 Å². The number of hydrogen-bond acceptors (Lipinski definition) is 4. The van der Waals surface area contributed by atoms with E-state index in [1.54, 1.807) is 12.1 Å². The van der Waals surface area contributed by atoms with E-state index in [2.05, 4.69) is 0 Å². The zero-order chi connectivity index (χ0) is 23.8. The fourth-order valence-corrected chi connectivity index (χ4v) is 4.48. The summed E-state index contributed by atoms with van der Waals surface area (Å²) in [5.41, 5.74) is -0.0897. The molecule has 1 saturated carbocycles. The van der Waals surface area contributed by atoms with E-state index < -0.39 is 23.1 Å². The summed E-state index contributed by atoms with van der Waals surface area (Å²) in [6.45, 7) is 2.07. The molecule has 1 aromatic heterocycles. The van der Waals surface area contributed by atoms with Gasteiger partial charge in [-0.2, -0.15) is 13.2 Å². The summed E-state index contributed by atoms with van der Waals surface area (Å²) >= 11 is 0. The number of hydrogen-bond donors (Lipinski definition) is 2. The van der Waals surface area contributed by atoms with E-state index in [1.807, 2.05) is 14.0 Å². The van der Waals surface area contributed by atoms with Crippen LogP contribution in [0.3, 0.4) is 0 Å². The Hall–Kier alpha value is -3.00. The summed E-state index contributed by atoms with van der Waals surface area (Å²) in [6, 6.07) is 9.26. The van der Waals surface area contributed by atoms with Gasteiger partial charge in [-0.25, -0.2) is 0 Å². The Kier molecular flexibility index (Phi) is 6.38. The number of alkyl halides is 3. The molecule has 1 unspecified atom stereocenters. The first-order chi connectivity index (χ1) is 15.6.